The zero-order valence-corrected chi connectivity index (χ0v) is 22.2. The molecule has 0 atom stereocenters. The number of aromatic nitrogens is 2. The lowest BCUT2D eigenvalue weighted by molar-refractivity contribution is 0.455. The van der Waals surface area contributed by atoms with E-state index in [1.807, 2.05) is 36.7 Å². The van der Waals surface area contributed by atoms with Crippen molar-refractivity contribution in [3.8, 4) is 23.0 Å². The Hall–Kier alpha value is -4.07. The van der Waals surface area contributed by atoms with Crippen molar-refractivity contribution in [2.75, 3.05) is 4.90 Å². The summed E-state index contributed by atoms with van der Waals surface area (Å²) in [6, 6.07) is 29.2. The molecule has 0 spiro atoms. The SMILES string of the molecule is C[Si]1(C)c2ccccc2Oc2c(N(c3cncnc3)c3cccc4c3Oc3ccccc3S4)cccc21. The molecule has 5 nitrogen and oxygen atoms in total. The number of para-hydroxylation sites is 4. The Bertz CT molecular complexity index is 1660. The summed E-state index contributed by atoms with van der Waals surface area (Å²) in [7, 11) is -2.01. The Morgan fingerprint density at radius 3 is 2.11 bits per heavy atom. The molecule has 1 aromatic heterocycles. The first kappa shape index (κ1) is 22.1. The summed E-state index contributed by atoms with van der Waals surface area (Å²) >= 11 is 1.72. The van der Waals surface area contributed by atoms with E-state index in [0.717, 1.165) is 49.9 Å². The number of benzene rings is 4. The van der Waals surface area contributed by atoms with Gasteiger partial charge in [-0.1, -0.05) is 73.4 Å². The molecule has 3 heterocycles. The first-order valence-corrected chi connectivity index (χ1v) is 16.0. The van der Waals surface area contributed by atoms with Gasteiger partial charge in [-0.05, 0) is 46.8 Å². The second-order valence-corrected chi connectivity index (χ2v) is 15.0. The molecule has 0 unspecified atom stereocenters. The molecule has 0 saturated carbocycles. The Morgan fingerprint density at radius 1 is 0.649 bits per heavy atom. The van der Waals surface area contributed by atoms with E-state index in [0.29, 0.717) is 0 Å². The van der Waals surface area contributed by atoms with Gasteiger partial charge in [-0.2, -0.15) is 0 Å². The first-order valence-electron chi connectivity index (χ1n) is 12.1. The summed E-state index contributed by atoms with van der Waals surface area (Å²) in [5.41, 5.74) is 2.67. The molecule has 37 heavy (non-hydrogen) atoms. The molecular formula is C30H23N3O2SSi. The molecule has 0 fully saturated rings. The third-order valence-electron chi connectivity index (χ3n) is 6.97. The maximum atomic E-state index is 6.67. The molecule has 2 aliphatic rings. The monoisotopic (exact) mass is 517 g/mol. The second-order valence-electron chi connectivity index (χ2n) is 9.56. The fourth-order valence-corrected chi connectivity index (χ4v) is 8.94. The van der Waals surface area contributed by atoms with Crippen LogP contribution in [0.2, 0.25) is 13.1 Å². The van der Waals surface area contributed by atoms with Crippen molar-refractivity contribution < 1.29 is 9.47 Å². The van der Waals surface area contributed by atoms with E-state index in [1.54, 1.807) is 18.1 Å². The maximum absolute atomic E-state index is 6.67. The van der Waals surface area contributed by atoms with Crippen LogP contribution >= 0.6 is 11.8 Å². The van der Waals surface area contributed by atoms with E-state index < -0.39 is 8.07 Å². The molecular weight excluding hydrogens is 495 g/mol. The molecule has 7 rings (SSSR count). The Labute approximate surface area is 220 Å². The fraction of sp³-hybridized carbons (Fsp3) is 0.0667. The minimum Gasteiger partial charge on any atom is -0.455 e. The Balaban J connectivity index is 1.45. The maximum Gasteiger partial charge on any atom is 0.165 e. The zero-order chi connectivity index (χ0) is 25.0. The number of anilines is 3. The van der Waals surface area contributed by atoms with Crippen LogP contribution in [0.1, 0.15) is 0 Å². The van der Waals surface area contributed by atoms with Gasteiger partial charge in [0.1, 0.15) is 25.9 Å². The van der Waals surface area contributed by atoms with Crippen molar-refractivity contribution in [3.63, 3.8) is 0 Å². The van der Waals surface area contributed by atoms with E-state index in [4.69, 9.17) is 9.47 Å². The van der Waals surface area contributed by atoms with Gasteiger partial charge in [-0.25, -0.2) is 9.97 Å². The molecule has 5 aromatic rings. The van der Waals surface area contributed by atoms with Crippen LogP contribution in [-0.2, 0) is 0 Å². The molecule has 0 bridgehead atoms. The van der Waals surface area contributed by atoms with E-state index in [2.05, 4.69) is 88.6 Å². The summed E-state index contributed by atoms with van der Waals surface area (Å²) in [4.78, 5) is 13.0. The number of hydrogen-bond acceptors (Lipinski definition) is 6. The van der Waals surface area contributed by atoms with Crippen molar-refractivity contribution in [3.05, 3.63) is 104 Å². The van der Waals surface area contributed by atoms with E-state index in [-0.39, 0.29) is 0 Å². The average Bonchev–Trinajstić information content (AvgIpc) is 2.93. The van der Waals surface area contributed by atoms with Gasteiger partial charge in [0, 0.05) is 0 Å². The van der Waals surface area contributed by atoms with Crippen LogP contribution in [0.5, 0.6) is 23.0 Å². The number of fused-ring (bicyclic) bond motifs is 4. The lowest BCUT2D eigenvalue weighted by Gasteiger charge is -2.36. The second kappa shape index (κ2) is 8.50. The van der Waals surface area contributed by atoms with Crippen molar-refractivity contribution in [1.29, 1.82) is 0 Å². The summed E-state index contributed by atoms with van der Waals surface area (Å²) in [5.74, 6) is 3.47. The predicted octanol–water partition coefficient (Wildman–Crippen LogP) is 7.13. The summed E-state index contributed by atoms with van der Waals surface area (Å²) in [5, 5.41) is 2.57. The highest BCUT2D eigenvalue weighted by molar-refractivity contribution is 7.99. The molecule has 0 aliphatic carbocycles. The smallest absolute Gasteiger partial charge is 0.165 e. The van der Waals surface area contributed by atoms with Crippen LogP contribution in [0.4, 0.5) is 17.1 Å². The van der Waals surface area contributed by atoms with E-state index in [1.165, 1.54) is 10.4 Å². The van der Waals surface area contributed by atoms with Crippen molar-refractivity contribution in [1.82, 2.24) is 9.97 Å². The van der Waals surface area contributed by atoms with Crippen LogP contribution in [0.25, 0.3) is 0 Å². The van der Waals surface area contributed by atoms with E-state index in [9.17, 15) is 0 Å². The lowest BCUT2D eigenvalue weighted by atomic mass is 10.2. The van der Waals surface area contributed by atoms with Crippen LogP contribution in [0, 0.1) is 0 Å². The van der Waals surface area contributed by atoms with Crippen LogP contribution < -0.4 is 24.7 Å². The standard InChI is InChI=1S/C30H23N3O2SSi/c1-37(2)27-15-6-4-12-24(27)35-30-22(10-8-16-28(30)37)33(20-17-31-19-32-18-20)21-9-7-14-26-29(21)34-23-11-3-5-13-25(23)36-26/h3-19H,1-2H3. The highest BCUT2D eigenvalue weighted by atomic mass is 32.2. The zero-order valence-electron chi connectivity index (χ0n) is 20.4. The van der Waals surface area contributed by atoms with Gasteiger partial charge < -0.3 is 14.4 Å². The average molecular weight is 518 g/mol. The van der Waals surface area contributed by atoms with Gasteiger partial charge in [0.05, 0.1) is 39.2 Å². The minimum absolute atomic E-state index is 0.806. The van der Waals surface area contributed by atoms with Gasteiger partial charge >= 0.3 is 0 Å². The van der Waals surface area contributed by atoms with Crippen molar-refractivity contribution in [2.24, 2.45) is 0 Å². The third-order valence-corrected chi connectivity index (χ3v) is 11.6. The van der Waals surface area contributed by atoms with Crippen LogP contribution in [0.3, 0.4) is 0 Å². The lowest BCUT2D eigenvalue weighted by Crippen LogP contribution is -2.56. The van der Waals surface area contributed by atoms with Crippen LogP contribution in [0.15, 0.2) is 113 Å². The Kier molecular flexibility index (Phi) is 5.09. The molecule has 0 amide bonds. The molecule has 0 N–H and O–H groups in total. The van der Waals surface area contributed by atoms with Gasteiger partial charge in [0.2, 0.25) is 0 Å². The van der Waals surface area contributed by atoms with Gasteiger partial charge in [-0.3, -0.25) is 0 Å². The number of ether oxygens (including phenoxy) is 2. The highest BCUT2D eigenvalue weighted by Crippen LogP contribution is 2.54. The molecule has 0 saturated heterocycles. The minimum atomic E-state index is -2.01. The number of hydrogen-bond donors (Lipinski definition) is 0. The van der Waals surface area contributed by atoms with Gasteiger partial charge in [0.25, 0.3) is 0 Å². The molecule has 180 valence electrons. The predicted molar refractivity (Wildman–Crippen MR) is 151 cm³/mol. The molecule has 4 aromatic carbocycles. The summed E-state index contributed by atoms with van der Waals surface area (Å²) in [6.45, 7) is 4.77. The van der Waals surface area contributed by atoms with Crippen molar-refractivity contribution >= 4 is 47.3 Å². The number of nitrogens with zero attached hydrogens (tertiary/aromatic N) is 3. The summed E-state index contributed by atoms with van der Waals surface area (Å²) in [6.07, 6.45) is 5.21. The van der Waals surface area contributed by atoms with Gasteiger partial charge in [-0.15, -0.1) is 0 Å². The normalized spacial score (nSPS) is 14.2. The summed E-state index contributed by atoms with van der Waals surface area (Å²) < 4.78 is 13.2. The largest absolute Gasteiger partial charge is 0.455 e. The Morgan fingerprint density at radius 2 is 1.27 bits per heavy atom. The van der Waals surface area contributed by atoms with Gasteiger partial charge in [0.15, 0.2) is 11.5 Å². The third kappa shape index (κ3) is 3.54. The quantitative estimate of drug-likeness (QED) is 0.233. The van der Waals surface area contributed by atoms with Crippen LogP contribution in [-0.4, -0.2) is 18.0 Å². The molecule has 2 aliphatic heterocycles. The van der Waals surface area contributed by atoms with Crippen molar-refractivity contribution in [2.45, 2.75) is 22.9 Å². The topological polar surface area (TPSA) is 47.5 Å². The first-order chi connectivity index (χ1) is 18.1. The molecule has 7 heteroatoms. The molecule has 0 radical (unpaired) electrons. The highest BCUT2D eigenvalue weighted by Gasteiger charge is 2.38. The number of rotatable bonds is 3. The van der Waals surface area contributed by atoms with E-state index >= 15 is 0 Å². The fourth-order valence-electron chi connectivity index (χ4n) is 5.15.